The lowest BCUT2D eigenvalue weighted by Gasteiger charge is -2.28. The van der Waals surface area contributed by atoms with Gasteiger partial charge in [0, 0.05) is 74.9 Å². The number of hydrogen-bond donors (Lipinski definition) is 2. The number of carbonyl (C=O) groups excluding carboxylic acids is 2. The monoisotopic (exact) mass is 588 g/mol. The first kappa shape index (κ1) is 30.3. The minimum Gasteiger partial charge on any atom is -0.381 e. The van der Waals surface area contributed by atoms with Gasteiger partial charge < -0.3 is 34.8 Å². The molecule has 0 aliphatic carbocycles. The van der Waals surface area contributed by atoms with Crippen molar-refractivity contribution < 1.29 is 19.1 Å². The molecule has 2 saturated heterocycles. The molecular weight excluding hydrogens is 548 g/mol. The van der Waals surface area contributed by atoms with Crippen LogP contribution in [0.5, 0.6) is 0 Å². The van der Waals surface area contributed by atoms with Gasteiger partial charge in [0.1, 0.15) is 5.82 Å². The summed E-state index contributed by atoms with van der Waals surface area (Å²) in [5, 5.41) is 5.68. The number of aromatic nitrogens is 3. The van der Waals surface area contributed by atoms with Crippen molar-refractivity contribution in [3.05, 3.63) is 59.9 Å². The quantitative estimate of drug-likeness (QED) is 0.386. The lowest BCUT2D eigenvalue weighted by molar-refractivity contribution is 0.0786. The third-order valence-corrected chi connectivity index (χ3v) is 7.54. The van der Waals surface area contributed by atoms with Crippen LogP contribution in [0.25, 0.3) is 11.4 Å². The van der Waals surface area contributed by atoms with E-state index in [0.717, 1.165) is 43.9 Å². The van der Waals surface area contributed by atoms with E-state index in [0.29, 0.717) is 61.7 Å². The largest absolute Gasteiger partial charge is 0.381 e. The summed E-state index contributed by atoms with van der Waals surface area (Å²) in [6, 6.07) is 13.9. The van der Waals surface area contributed by atoms with Crippen LogP contribution in [0.4, 0.5) is 22.1 Å². The van der Waals surface area contributed by atoms with Gasteiger partial charge in [-0.2, -0.15) is 9.97 Å². The Hall–Kier alpha value is -4.13. The maximum absolute atomic E-state index is 12.7. The SMILES string of the molecule is CN(C)CCN(C)C(=O)c1ccc(NC(=O)Nc2ccc(-c3nc(C4CCOCC4)nc(N4CCOCC4)n3)cc2)cc1. The Bertz CT molecular complexity index is 1340. The summed E-state index contributed by atoms with van der Waals surface area (Å²) in [6.45, 7) is 5.59. The highest BCUT2D eigenvalue weighted by Gasteiger charge is 2.23. The van der Waals surface area contributed by atoms with Crippen LogP contribution in [-0.2, 0) is 9.47 Å². The molecule has 0 radical (unpaired) electrons. The second kappa shape index (κ2) is 14.4. The summed E-state index contributed by atoms with van der Waals surface area (Å²) in [4.78, 5) is 45.7. The molecule has 2 N–H and O–H groups in total. The van der Waals surface area contributed by atoms with Gasteiger partial charge in [0.15, 0.2) is 5.82 Å². The Labute approximate surface area is 252 Å². The molecule has 0 saturated carbocycles. The van der Waals surface area contributed by atoms with Crippen LogP contribution >= 0.6 is 0 Å². The van der Waals surface area contributed by atoms with Gasteiger partial charge in [0.2, 0.25) is 5.95 Å². The molecule has 0 spiro atoms. The van der Waals surface area contributed by atoms with E-state index < -0.39 is 0 Å². The molecular formula is C31H40N8O4. The number of rotatable bonds is 9. The predicted molar refractivity (Wildman–Crippen MR) is 166 cm³/mol. The topological polar surface area (TPSA) is 125 Å². The van der Waals surface area contributed by atoms with Gasteiger partial charge in [-0.1, -0.05) is 0 Å². The molecule has 0 bridgehead atoms. The molecule has 3 heterocycles. The molecule has 0 atom stereocenters. The first-order valence-corrected chi connectivity index (χ1v) is 14.7. The van der Waals surface area contributed by atoms with Gasteiger partial charge in [-0.3, -0.25) is 4.79 Å². The molecule has 43 heavy (non-hydrogen) atoms. The van der Waals surface area contributed by atoms with Crippen molar-refractivity contribution in [3.63, 3.8) is 0 Å². The minimum atomic E-state index is -0.383. The number of ether oxygens (including phenoxy) is 2. The van der Waals surface area contributed by atoms with Crippen LogP contribution < -0.4 is 15.5 Å². The standard InChI is InChI=1S/C31H40N8O4/c1-37(2)14-15-38(3)29(40)24-6-10-26(11-7-24)33-31(41)32-25-8-4-22(5-9-25)27-34-28(23-12-18-42-19-13-23)36-30(35-27)39-16-20-43-21-17-39/h4-11,23H,12-21H2,1-3H3,(H2,32,33,41). The summed E-state index contributed by atoms with van der Waals surface area (Å²) >= 11 is 0. The summed E-state index contributed by atoms with van der Waals surface area (Å²) < 4.78 is 11.1. The molecule has 2 aliphatic rings. The fourth-order valence-corrected chi connectivity index (χ4v) is 4.92. The van der Waals surface area contributed by atoms with E-state index >= 15 is 0 Å². The molecule has 2 fully saturated rings. The van der Waals surface area contributed by atoms with Crippen molar-refractivity contribution in [2.75, 3.05) is 89.3 Å². The molecule has 12 heteroatoms. The first-order valence-electron chi connectivity index (χ1n) is 14.7. The summed E-state index contributed by atoms with van der Waals surface area (Å²) in [5.41, 5.74) is 2.62. The number of carbonyl (C=O) groups is 2. The Kier molecular flexibility index (Phi) is 10.1. The molecule has 2 aromatic carbocycles. The average molecular weight is 589 g/mol. The number of amides is 3. The predicted octanol–water partition coefficient (Wildman–Crippen LogP) is 3.55. The van der Waals surface area contributed by atoms with E-state index in [1.807, 2.05) is 43.3 Å². The average Bonchev–Trinajstić information content (AvgIpc) is 3.04. The Morgan fingerprint density at radius 2 is 1.42 bits per heavy atom. The molecule has 3 aromatic rings. The van der Waals surface area contributed by atoms with Gasteiger partial charge >= 0.3 is 6.03 Å². The lowest BCUT2D eigenvalue weighted by Crippen LogP contribution is -2.37. The van der Waals surface area contributed by atoms with Gasteiger partial charge in [-0.15, -0.1) is 0 Å². The van der Waals surface area contributed by atoms with Crippen molar-refractivity contribution >= 4 is 29.3 Å². The number of urea groups is 1. The van der Waals surface area contributed by atoms with E-state index in [1.165, 1.54) is 0 Å². The maximum Gasteiger partial charge on any atom is 0.323 e. The van der Waals surface area contributed by atoms with Gasteiger partial charge in [0.05, 0.1) is 13.2 Å². The van der Waals surface area contributed by atoms with Crippen LogP contribution in [0.1, 0.15) is 34.9 Å². The zero-order chi connectivity index (χ0) is 30.2. The summed E-state index contributed by atoms with van der Waals surface area (Å²) in [7, 11) is 5.73. The van der Waals surface area contributed by atoms with Crippen LogP contribution in [-0.4, -0.2) is 110 Å². The molecule has 228 valence electrons. The van der Waals surface area contributed by atoms with E-state index in [-0.39, 0.29) is 17.9 Å². The summed E-state index contributed by atoms with van der Waals surface area (Å²) in [6.07, 6.45) is 1.77. The second-order valence-electron chi connectivity index (χ2n) is 11.1. The Morgan fingerprint density at radius 3 is 2.05 bits per heavy atom. The number of nitrogens with one attached hydrogen (secondary N) is 2. The van der Waals surface area contributed by atoms with Crippen LogP contribution in [0.15, 0.2) is 48.5 Å². The van der Waals surface area contributed by atoms with E-state index in [4.69, 9.17) is 24.4 Å². The number of benzene rings is 2. The first-order chi connectivity index (χ1) is 20.9. The van der Waals surface area contributed by atoms with E-state index in [9.17, 15) is 9.59 Å². The van der Waals surface area contributed by atoms with Crippen LogP contribution in [0.2, 0.25) is 0 Å². The highest BCUT2D eigenvalue weighted by molar-refractivity contribution is 6.00. The smallest absolute Gasteiger partial charge is 0.323 e. The zero-order valence-corrected chi connectivity index (χ0v) is 25.1. The van der Waals surface area contributed by atoms with Gasteiger partial charge in [0.25, 0.3) is 5.91 Å². The molecule has 12 nitrogen and oxygen atoms in total. The van der Waals surface area contributed by atoms with E-state index in [1.54, 1.807) is 36.2 Å². The van der Waals surface area contributed by atoms with Crippen molar-refractivity contribution in [1.82, 2.24) is 24.8 Å². The second-order valence-corrected chi connectivity index (χ2v) is 11.1. The fourth-order valence-electron chi connectivity index (χ4n) is 4.92. The fraction of sp³-hybridized carbons (Fsp3) is 0.452. The Morgan fingerprint density at radius 1 is 0.814 bits per heavy atom. The summed E-state index contributed by atoms with van der Waals surface area (Å²) in [5.74, 6) is 2.24. The number of anilines is 3. The molecule has 5 rings (SSSR count). The van der Waals surface area contributed by atoms with Crippen molar-refractivity contribution in [2.45, 2.75) is 18.8 Å². The van der Waals surface area contributed by atoms with Crippen LogP contribution in [0.3, 0.4) is 0 Å². The van der Waals surface area contributed by atoms with Crippen LogP contribution in [0, 0.1) is 0 Å². The zero-order valence-electron chi connectivity index (χ0n) is 25.1. The third-order valence-electron chi connectivity index (χ3n) is 7.54. The highest BCUT2D eigenvalue weighted by atomic mass is 16.5. The normalized spacial score (nSPS) is 15.8. The van der Waals surface area contributed by atoms with E-state index in [2.05, 4.69) is 15.5 Å². The lowest BCUT2D eigenvalue weighted by atomic mass is 9.99. The molecule has 1 aromatic heterocycles. The number of likely N-dealkylation sites (N-methyl/N-ethyl adjacent to an activating group) is 2. The highest BCUT2D eigenvalue weighted by Crippen LogP contribution is 2.28. The maximum atomic E-state index is 12.7. The van der Waals surface area contributed by atoms with Crippen molar-refractivity contribution in [1.29, 1.82) is 0 Å². The van der Waals surface area contributed by atoms with Gasteiger partial charge in [-0.25, -0.2) is 9.78 Å². The molecule has 3 amide bonds. The van der Waals surface area contributed by atoms with Gasteiger partial charge in [-0.05, 0) is 75.5 Å². The number of hydrogen-bond acceptors (Lipinski definition) is 9. The molecule has 2 aliphatic heterocycles. The Balaban J connectivity index is 1.22. The minimum absolute atomic E-state index is 0.0620. The number of morpholine rings is 1. The number of nitrogens with zero attached hydrogens (tertiary/aromatic N) is 6. The molecule has 0 unspecified atom stereocenters. The third kappa shape index (κ3) is 8.25. The van der Waals surface area contributed by atoms with Crippen molar-refractivity contribution in [3.8, 4) is 11.4 Å². The van der Waals surface area contributed by atoms with Crippen molar-refractivity contribution in [2.24, 2.45) is 0 Å².